The van der Waals surface area contributed by atoms with Crippen LogP contribution in [0.5, 0.6) is 0 Å². The molecule has 2 aromatic heterocycles. The van der Waals surface area contributed by atoms with E-state index in [-0.39, 0.29) is 11.9 Å². The molecule has 3 heterocycles. The Hall–Kier alpha value is -1.24. The van der Waals surface area contributed by atoms with E-state index in [9.17, 15) is 4.79 Å². The monoisotopic (exact) mass is 308 g/mol. The first-order valence-corrected chi connectivity index (χ1v) is 8.36. The molecule has 0 radical (unpaired) electrons. The van der Waals surface area contributed by atoms with Crippen LogP contribution < -0.4 is 0 Å². The zero-order valence-corrected chi connectivity index (χ0v) is 12.9. The van der Waals surface area contributed by atoms with Gasteiger partial charge in [-0.3, -0.25) is 4.79 Å². The van der Waals surface area contributed by atoms with Gasteiger partial charge in [-0.1, -0.05) is 0 Å². The summed E-state index contributed by atoms with van der Waals surface area (Å²) < 4.78 is 5.53. The lowest BCUT2D eigenvalue weighted by atomic mass is 10.1. The number of carbonyl (C=O) groups is 1. The van der Waals surface area contributed by atoms with Gasteiger partial charge in [-0.05, 0) is 29.3 Å². The first-order valence-electron chi connectivity index (χ1n) is 6.54. The number of ether oxygens (including phenoxy) is 1. The first-order chi connectivity index (χ1) is 9.74. The average Bonchev–Trinajstić information content (AvgIpc) is 3.10. The molecule has 0 aliphatic carbocycles. The average molecular weight is 308 g/mol. The number of thiazole rings is 1. The molecular formula is C14H16N2O2S2. The molecule has 0 saturated carbocycles. The van der Waals surface area contributed by atoms with Crippen LogP contribution in [-0.2, 0) is 16.0 Å². The predicted octanol–water partition coefficient (Wildman–Crippen LogP) is 2.66. The Labute approximate surface area is 126 Å². The Kier molecular flexibility index (Phi) is 4.14. The highest BCUT2D eigenvalue weighted by molar-refractivity contribution is 7.09. The van der Waals surface area contributed by atoms with Crippen molar-refractivity contribution >= 4 is 28.6 Å². The molecule has 1 amide bonds. The van der Waals surface area contributed by atoms with Crippen molar-refractivity contribution in [2.75, 3.05) is 19.8 Å². The number of thiophene rings is 1. The standard InChI is InChI=1S/C14H16N2O2S2/c1-10-15-12(9-20-10)13-7-18-4-3-16(13)14(17)6-11-2-5-19-8-11/h2,5,8-9,13H,3-4,6-7H2,1H3. The van der Waals surface area contributed by atoms with Gasteiger partial charge in [-0.25, -0.2) is 4.98 Å². The first kappa shape index (κ1) is 13.7. The Morgan fingerprint density at radius 3 is 3.15 bits per heavy atom. The maximum absolute atomic E-state index is 12.5. The van der Waals surface area contributed by atoms with Crippen molar-refractivity contribution in [3.8, 4) is 0 Å². The minimum atomic E-state index is -0.0418. The Bertz CT molecular complexity index is 580. The molecular weight excluding hydrogens is 292 g/mol. The molecule has 1 saturated heterocycles. The molecule has 0 bridgehead atoms. The van der Waals surface area contributed by atoms with Crippen LogP contribution in [0.15, 0.2) is 22.2 Å². The Balaban J connectivity index is 1.76. The number of amides is 1. The minimum Gasteiger partial charge on any atom is -0.377 e. The molecule has 1 unspecified atom stereocenters. The van der Waals surface area contributed by atoms with Gasteiger partial charge in [0.2, 0.25) is 5.91 Å². The Morgan fingerprint density at radius 2 is 2.45 bits per heavy atom. The van der Waals surface area contributed by atoms with Crippen molar-refractivity contribution in [1.82, 2.24) is 9.88 Å². The van der Waals surface area contributed by atoms with Crippen LogP contribution in [0, 0.1) is 6.92 Å². The van der Waals surface area contributed by atoms with Crippen LogP contribution in [0.3, 0.4) is 0 Å². The summed E-state index contributed by atoms with van der Waals surface area (Å²) in [4.78, 5) is 18.9. The molecule has 1 aliphatic rings. The second-order valence-electron chi connectivity index (χ2n) is 4.78. The predicted molar refractivity (Wildman–Crippen MR) is 80.1 cm³/mol. The summed E-state index contributed by atoms with van der Waals surface area (Å²) in [5, 5.41) is 7.08. The van der Waals surface area contributed by atoms with E-state index in [1.54, 1.807) is 22.7 Å². The van der Waals surface area contributed by atoms with Gasteiger partial charge in [0.15, 0.2) is 0 Å². The summed E-state index contributed by atoms with van der Waals surface area (Å²) in [6.07, 6.45) is 0.461. The number of rotatable bonds is 3. The third-order valence-corrected chi connectivity index (χ3v) is 4.89. The zero-order chi connectivity index (χ0) is 13.9. The fourth-order valence-corrected chi connectivity index (χ4v) is 3.68. The molecule has 106 valence electrons. The molecule has 3 rings (SSSR count). The van der Waals surface area contributed by atoms with E-state index in [0.717, 1.165) is 16.3 Å². The molecule has 2 aromatic rings. The summed E-state index contributed by atoms with van der Waals surface area (Å²) in [7, 11) is 0. The maximum atomic E-state index is 12.5. The van der Waals surface area contributed by atoms with Gasteiger partial charge in [0.1, 0.15) is 0 Å². The summed E-state index contributed by atoms with van der Waals surface area (Å²) in [6, 6.07) is 1.96. The molecule has 0 spiro atoms. The number of aromatic nitrogens is 1. The number of carbonyl (C=O) groups excluding carboxylic acids is 1. The smallest absolute Gasteiger partial charge is 0.227 e. The molecule has 0 N–H and O–H groups in total. The fourth-order valence-electron chi connectivity index (χ4n) is 2.35. The van der Waals surface area contributed by atoms with E-state index < -0.39 is 0 Å². The van der Waals surface area contributed by atoms with Crippen molar-refractivity contribution in [3.05, 3.63) is 38.5 Å². The lowest BCUT2D eigenvalue weighted by Crippen LogP contribution is -2.44. The molecule has 1 aliphatic heterocycles. The van der Waals surface area contributed by atoms with Gasteiger partial charge in [-0.2, -0.15) is 11.3 Å². The van der Waals surface area contributed by atoms with Gasteiger partial charge < -0.3 is 9.64 Å². The summed E-state index contributed by atoms with van der Waals surface area (Å²) in [6.45, 7) is 3.77. The van der Waals surface area contributed by atoms with Gasteiger partial charge in [0.05, 0.1) is 36.4 Å². The van der Waals surface area contributed by atoms with Crippen molar-refractivity contribution in [2.45, 2.75) is 19.4 Å². The van der Waals surface area contributed by atoms with Crippen LogP contribution in [0.25, 0.3) is 0 Å². The lowest BCUT2D eigenvalue weighted by Gasteiger charge is -2.34. The van der Waals surface area contributed by atoms with E-state index in [2.05, 4.69) is 4.98 Å². The molecule has 1 fully saturated rings. The lowest BCUT2D eigenvalue weighted by molar-refractivity contribution is -0.139. The number of morpholine rings is 1. The van der Waals surface area contributed by atoms with Crippen LogP contribution in [0.1, 0.15) is 22.3 Å². The molecule has 6 heteroatoms. The zero-order valence-electron chi connectivity index (χ0n) is 11.2. The maximum Gasteiger partial charge on any atom is 0.227 e. The van der Waals surface area contributed by atoms with Crippen molar-refractivity contribution in [1.29, 1.82) is 0 Å². The van der Waals surface area contributed by atoms with Crippen molar-refractivity contribution in [2.24, 2.45) is 0 Å². The SMILES string of the molecule is Cc1nc(C2COCCN2C(=O)Cc2ccsc2)cs1. The van der Waals surface area contributed by atoms with Gasteiger partial charge in [0.25, 0.3) is 0 Å². The molecule has 0 aromatic carbocycles. The van der Waals surface area contributed by atoms with Gasteiger partial charge >= 0.3 is 0 Å². The number of nitrogens with zero attached hydrogens (tertiary/aromatic N) is 2. The van der Waals surface area contributed by atoms with Crippen LogP contribution in [0.2, 0.25) is 0 Å². The van der Waals surface area contributed by atoms with Crippen molar-refractivity contribution in [3.63, 3.8) is 0 Å². The van der Waals surface area contributed by atoms with Crippen LogP contribution in [-0.4, -0.2) is 35.5 Å². The number of aryl methyl sites for hydroxylation is 1. The number of hydrogen-bond donors (Lipinski definition) is 0. The van der Waals surface area contributed by atoms with E-state index in [4.69, 9.17) is 4.74 Å². The van der Waals surface area contributed by atoms with E-state index in [0.29, 0.717) is 26.2 Å². The quantitative estimate of drug-likeness (QED) is 0.875. The number of hydrogen-bond acceptors (Lipinski definition) is 5. The summed E-state index contributed by atoms with van der Waals surface area (Å²) in [5.74, 6) is 0.155. The third kappa shape index (κ3) is 2.92. The third-order valence-electron chi connectivity index (χ3n) is 3.36. The highest BCUT2D eigenvalue weighted by Gasteiger charge is 2.30. The Morgan fingerprint density at radius 1 is 1.55 bits per heavy atom. The highest BCUT2D eigenvalue weighted by atomic mass is 32.1. The highest BCUT2D eigenvalue weighted by Crippen LogP contribution is 2.26. The van der Waals surface area contributed by atoms with Gasteiger partial charge in [0, 0.05) is 11.9 Å². The summed E-state index contributed by atoms with van der Waals surface area (Å²) in [5.41, 5.74) is 2.03. The second-order valence-corrected chi connectivity index (χ2v) is 6.62. The van der Waals surface area contributed by atoms with Crippen LogP contribution >= 0.6 is 22.7 Å². The molecule has 4 nitrogen and oxygen atoms in total. The van der Waals surface area contributed by atoms with Crippen molar-refractivity contribution < 1.29 is 9.53 Å². The summed E-state index contributed by atoms with van der Waals surface area (Å²) >= 11 is 3.24. The van der Waals surface area contributed by atoms with Crippen LogP contribution in [0.4, 0.5) is 0 Å². The largest absolute Gasteiger partial charge is 0.377 e. The van der Waals surface area contributed by atoms with E-state index >= 15 is 0 Å². The van der Waals surface area contributed by atoms with E-state index in [1.807, 2.05) is 34.0 Å². The van der Waals surface area contributed by atoms with E-state index in [1.165, 1.54) is 0 Å². The molecule has 1 atom stereocenters. The minimum absolute atomic E-state index is 0.0418. The molecule has 20 heavy (non-hydrogen) atoms. The van der Waals surface area contributed by atoms with Gasteiger partial charge in [-0.15, -0.1) is 11.3 Å². The fraction of sp³-hybridized carbons (Fsp3) is 0.429. The topological polar surface area (TPSA) is 42.4 Å². The normalized spacial score (nSPS) is 19.2. The second kappa shape index (κ2) is 6.03.